The Morgan fingerprint density at radius 3 is 2.53 bits per heavy atom. The summed E-state index contributed by atoms with van der Waals surface area (Å²) in [6.07, 6.45) is 0. The van der Waals surface area contributed by atoms with Gasteiger partial charge in [-0.1, -0.05) is 19.9 Å². The summed E-state index contributed by atoms with van der Waals surface area (Å²) >= 11 is 0. The van der Waals surface area contributed by atoms with E-state index in [2.05, 4.69) is 19.9 Å². The van der Waals surface area contributed by atoms with Crippen LogP contribution in [0.15, 0.2) is 18.2 Å². The van der Waals surface area contributed by atoms with Gasteiger partial charge in [0, 0.05) is 6.54 Å². The van der Waals surface area contributed by atoms with Crippen molar-refractivity contribution in [3.63, 3.8) is 0 Å². The van der Waals surface area contributed by atoms with Crippen molar-refractivity contribution in [1.82, 2.24) is 0 Å². The third-order valence-electron chi connectivity index (χ3n) is 2.23. The molecular formula is C12H19NO2. The van der Waals surface area contributed by atoms with Crippen LogP contribution in [0.5, 0.6) is 11.5 Å². The van der Waals surface area contributed by atoms with Crippen LogP contribution in [-0.4, -0.2) is 20.3 Å². The van der Waals surface area contributed by atoms with Gasteiger partial charge < -0.3 is 15.2 Å². The van der Waals surface area contributed by atoms with Crippen LogP contribution in [0.3, 0.4) is 0 Å². The lowest BCUT2D eigenvalue weighted by Crippen LogP contribution is -2.11. The first-order valence-electron chi connectivity index (χ1n) is 5.19. The van der Waals surface area contributed by atoms with E-state index in [-0.39, 0.29) is 0 Å². The van der Waals surface area contributed by atoms with E-state index < -0.39 is 0 Å². The predicted molar refractivity (Wildman–Crippen MR) is 61.6 cm³/mol. The van der Waals surface area contributed by atoms with Gasteiger partial charge in [-0.3, -0.25) is 0 Å². The van der Waals surface area contributed by atoms with Crippen LogP contribution in [0.1, 0.15) is 25.3 Å². The molecule has 0 aliphatic carbocycles. The van der Waals surface area contributed by atoms with Gasteiger partial charge in [-0.25, -0.2) is 0 Å². The second kappa shape index (κ2) is 5.61. The maximum atomic E-state index is 5.52. The first-order chi connectivity index (χ1) is 7.19. The average Bonchev–Trinajstić information content (AvgIpc) is 2.25. The van der Waals surface area contributed by atoms with E-state index in [1.807, 2.05) is 12.1 Å². The van der Waals surface area contributed by atoms with Crippen LogP contribution >= 0.6 is 0 Å². The highest BCUT2D eigenvalue weighted by Gasteiger charge is 2.07. The topological polar surface area (TPSA) is 44.5 Å². The minimum atomic E-state index is 0.483. The number of ether oxygens (including phenoxy) is 2. The van der Waals surface area contributed by atoms with Crippen LogP contribution in [0.25, 0.3) is 0 Å². The van der Waals surface area contributed by atoms with Crippen molar-refractivity contribution in [3.05, 3.63) is 23.8 Å². The smallest absolute Gasteiger partial charge is 0.161 e. The van der Waals surface area contributed by atoms with Crippen molar-refractivity contribution in [3.8, 4) is 11.5 Å². The standard InChI is InChI=1S/C12H19NO2/c1-9(2)10-4-5-11(14-3)12(8-10)15-7-6-13/h4-5,8-9H,6-7,13H2,1-3H3. The van der Waals surface area contributed by atoms with Crippen molar-refractivity contribution in [2.45, 2.75) is 19.8 Å². The van der Waals surface area contributed by atoms with Crippen molar-refractivity contribution in [2.75, 3.05) is 20.3 Å². The Morgan fingerprint density at radius 1 is 1.27 bits per heavy atom. The van der Waals surface area contributed by atoms with Crippen LogP contribution in [0.2, 0.25) is 0 Å². The van der Waals surface area contributed by atoms with E-state index in [0.29, 0.717) is 19.1 Å². The second-order valence-corrected chi connectivity index (χ2v) is 3.70. The summed E-state index contributed by atoms with van der Waals surface area (Å²) in [7, 11) is 1.64. The Labute approximate surface area is 91.2 Å². The van der Waals surface area contributed by atoms with Gasteiger partial charge in [-0.05, 0) is 23.6 Å². The molecule has 1 aromatic carbocycles. The van der Waals surface area contributed by atoms with Crippen molar-refractivity contribution in [1.29, 1.82) is 0 Å². The molecule has 0 atom stereocenters. The van der Waals surface area contributed by atoms with Crippen LogP contribution < -0.4 is 15.2 Å². The largest absolute Gasteiger partial charge is 0.493 e. The molecule has 0 spiro atoms. The fourth-order valence-corrected chi connectivity index (χ4v) is 1.33. The average molecular weight is 209 g/mol. The highest BCUT2D eigenvalue weighted by Crippen LogP contribution is 2.30. The maximum absolute atomic E-state index is 5.52. The number of nitrogens with two attached hydrogens (primary N) is 1. The molecule has 0 bridgehead atoms. The molecule has 3 nitrogen and oxygen atoms in total. The normalized spacial score (nSPS) is 10.5. The first kappa shape index (κ1) is 11.9. The molecule has 1 rings (SSSR count). The summed E-state index contributed by atoms with van der Waals surface area (Å²) in [6.45, 7) is 5.32. The zero-order chi connectivity index (χ0) is 11.3. The number of benzene rings is 1. The Hall–Kier alpha value is -1.22. The molecule has 2 N–H and O–H groups in total. The zero-order valence-corrected chi connectivity index (χ0v) is 9.62. The molecule has 0 aliphatic heterocycles. The minimum Gasteiger partial charge on any atom is -0.493 e. The Kier molecular flexibility index (Phi) is 4.43. The van der Waals surface area contributed by atoms with E-state index in [1.165, 1.54) is 5.56 Å². The van der Waals surface area contributed by atoms with Gasteiger partial charge in [-0.15, -0.1) is 0 Å². The van der Waals surface area contributed by atoms with E-state index >= 15 is 0 Å². The Morgan fingerprint density at radius 2 is 2.00 bits per heavy atom. The monoisotopic (exact) mass is 209 g/mol. The number of rotatable bonds is 5. The first-order valence-corrected chi connectivity index (χ1v) is 5.19. The lowest BCUT2D eigenvalue weighted by atomic mass is 10.0. The third-order valence-corrected chi connectivity index (χ3v) is 2.23. The van der Waals surface area contributed by atoms with Gasteiger partial charge in [0.15, 0.2) is 11.5 Å². The maximum Gasteiger partial charge on any atom is 0.161 e. The fraction of sp³-hybridized carbons (Fsp3) is 0.500. The SMILES string of the molecule is COc1ccc(C(C)C)cc1OCCN. The van der Waals surface area contributed by atoms with Gasteiger partial charge in [0.2, 0.25) is 0 Å². The minimum absolute atomic E-state index is 0.483. The lowest BCUT2D eigenvalue weighted by Gasteiger charge is -2.13. The molecule has 15 heavy (non-hydrogen) atoms. The molecule has 0 fully saturated rings. The van der Waals surface area contributed by atoms with E-state index in [4.69, 9.17) is 15.2 Å². The van der Waals surface area contributed by atoms with Gasteiger partial charge in [0.1, 0.15) is 6.61 Å². The molecule has 3 heteroatoms. The van der Waals surface area contributed by atoms with Crippen LogP contribution in [0, 0.1) is 0 Å². The summed E-state index contributed by atoms with van der Waals surface area (Å²) in [5, 5.41) is 0. The highest BCUT2D eigenvalue weighted by molar-refractivity contribution is 5.43. The zero-order valence-electron chi connectivity index (χ0n) is 9.62. The molecule has 0 radical (unpaired) electrons. The van der Waals surface area contributed by atoms with Crippen molar-refractivity contribution >= 4 is 0 Å². The summed E-state index contributed by atoms with van der Waals surface area (Å²) in [5.74, 6) is 2.01. The molecule has 0 aliphatic rings. The molecule has 1 aromatic rings. The molecule has 0 amide bonds. The van der Waals surface area contributed by atoms with Gasteiger partial charge in [0.25, 0.3) is 0 Å². The van der Waals surface area contributed by atoms with Crippen molar-refractivity contribution < 1.29 is 9.47 Å². The van der Waals surface area contributed by atoms with Gasteiger partial charge >= 0.3 is 0 Å². The van der Waals surface area contributed by atoms with Crippen LogP contribution in [0.4, 0.5) is 0 Å². The predicted octanol–water partition coefficient (Wildman–Crippen LogP) is 2.16. The second-order valence-electron chi connectivity index (χ2n) is 3.70. The van der Waals surface area contributed by atoms with Crippen molar-refractivity contribution in [2.24, 2.45) is 5.73 Å². The fourth-order valence-electron chi connectivity index (χ4n) is 1.33. The summed E-state index contributed by atoms with van der Waals surface area (Å²) in [5.41, 5.74) is 6.64. The Balaban J connectivity index is 2.91. The molecule has 0 unspecified atom stereocenters. The summed E-state index contributed by atoms with van der Waals surface area (Å²) in [6, 6.07) is 6.00. The van der Waals surface area contributed by atoms with E-state index in [0.717, 1.165) is 11.5 Å². The number of methoxy groups -OCH3 is 1. The lowest BCUT2D eigenvalue weighted by molar-refractivity contribution is 0.302. The summed E-state index contributed by atoms with van der Waals surface area (Å²) < 4.78 is 10.7. The van der Waals surface area contributed by atoms with Gasteiger partial charge in [0.05, 0.1) is 7.11 Å². The quantitative estimate of drug-likeness (QED) is 0.808. The number of hydrogen-bond acceptors (Lipinski definition) is 3. The summed E-state index contributed by atoms with van der Waals surface area (Å²) in [4.78, 5) is 0. The highest BCUT2D eigenvalue weighted by atomic mass is 16.5. The van der Waals surface area contributed by atoms with E-state index in [1.54, 1.807) is 7.11 Å². The third kappa shape index (κ3) is 3.13. The molecular weight excluding hydrogens is 190 g/mol. The van der Waals surface area contributed by atoms with Crippen LogP contribution in [-0.2, 0) is 0 Å². The molecule has 0 aromatic heterocycles. The number of hydrogen-bond donors (Lipinski definition) is 1. The molecule has 84 valence electrons. The molecule has 0 heterocycles. The van der Waals surface area contributed by atoms with Gasteiger partial charge in [-0.2, -0.15) is 0 Å². The Bertz CT molecular complexity index is 310. The molecule has 0 saturated heterocycles. The molecule has 0 saturated carbocycles. The van der Waals surface area contributed by atoms with E-state index in [9.17, 15) is 0 Å².